The maximum Gasteiger partial charge on any atom is 0.214 e. The van der Waals surface area contributed by atoms with Gasteiger partial charge in [-0.2, -0.15) is 22.2 Å². The number of rotatable bonds is 0. The minimum atomic E-state index is -1.06. The molecule has 0 N–H and O–H groups in total. The number of hydrogen-bond donors (Lipinski definition) is 0. The molecule has 0 amide bonds. The lowest BCUT2D eigenvalue weighted by Gasteiger charge is -1.68. The van der Waals surface area contributed by atoms with Gasteiger partial charge in [0.2, 0.25) is 6.93 Å². The molecule has 0 saturated carbocycles. The Morgan fingerprint density at radius 3 is 1.40 bits per heavy atom. The Bertz CT molecular complexity index is 9.61. The zero-order chi connectivity index (χ0) is 3.58. The van der Waals surface area contributed by atoms with Crippen LogP contribution in [0.25, 0.3) is 0 Å². The highest BCUT2D eigenvalue weighted by atomic mass is 35.7. The van der Waals surface area contributed by atoms with Crippen LogP contribution in [-0.4, -0.2) is 16.7 Å². The molecule has 0 fully saturated rings. The highest BCUT2D eigenvalue weighted by Gasteiger charge is 1.80. The highest BCUT2D eigenvalue weighted by molar-refractivity contribution is 7.52. The molecular formula is H5Cl3Si2. The molecule has 0 radical (unpaired) electrons. The molecule has 0 unspecified atom stereocenters. The summed E-state index contributed by atoms with van der Waals surface area (Å²) in [7, 11) is 1.02. The summed E-state index contributed by atoms with van der Waals surface area (Å²) < 4.78 is 0. The SMILES string of the molecule is Cl.[SiH3][SiH](Cl)Cl. The third-order valence-corrected chi connectivity index (χ3v) is 0. The van der Waals surface area contributed by atoms with Crippen LogP contribution in [0.1, 0.15) is 0 Å². The van der Waals surface area contributed by atoms with Crippen molar-refractivity contribution in [2.75, 3.05) is 0 Å². The van der Waals surface area contributed by atoms with E-state index in [0.29, 0.717) is 0 Å². The Morgan fingerprint density at radius 2 is 1.40 bits per heavy atom. The third-order valence-electron chi connectivity index (χ3n) is 0. The smallest absolute Gasteiger partial charge is 0.155 e. The molecule has 0 aliphatic heterocycles. The van der Waals surface area contributed by atoms with Crippen molar-refractivity contribution in [2.45, 2.75) is 0 Å². The summed E-state index contributed by atoms with van der Waals surface area (Å²) in [4.78, 5) is 0. The van der Waals surface area contributed by atoms with Gasteiger partial charge in [-0.3, -0.25) is 0 Å². The molecule has 0 atom stereocenters. The minimum absolute atomic E-state index is 0. The van der Waals surface area contributed by atoms with Crippen LogP contribution in [0.3, 0.4) is 0 Å². The summed E-state index contributed by atoms with van der Waals surface area (Å²) in [6.45, 7) is -1.06. The van der Waals surface area contributed by atoms with E-state index in [9.17, 15) is 0 Å². The molecule has 0 aliphatic carbocycles. The van der Waals surface area contributed by atoms with Gasteiger partial charge in [-0.15, -0.1) is 12.4 Å². The van der Waals surface area contributed by atoms with Crippen molar-refractivity contribution in [1.82, 2.24) is 0 Å². The first-order valence-corrected chi connectivity index (χ1v) is 9.12. The molecule has 0 aromatic rings. The van der Waals surface area contributed by atoms with Crippen molar-refractivity contribution in [3.63, 3.8) is 0 Å². The van der Waals surface area contributed by atoms with E-state index in [4.69, 9.17) is 22.2 Å². The van der Waals surface area contributed by atoms with E-state index in [-0.39, 0.29) is 12.4 Å². The molecule has 5 heteroatoms. The lowest BCUT2D eigenvalue weighted by atomic mass is 27.0. The van der Waals surface area contributed by atoms with E-state index in [0.717, 1.165) is 9.76 Å². The Morgan fingerprint density at radius 1 is 1.40 bits per heavy atom. The zero-order valence-corrected chi connectivity index (χ0v) is 8.22. The van der Waals surface area contributed by atoms with Crippen molar-refractivity contribution < 1.29 is 0 Å². The molecule has 5 heavy (non-hydrogen) atoms. The maximum atomic E-state index is 5.24. The number of hydrogen-bond acceptors (Lipinski definition) is 0. The molecule has 0 nitrogen and oxygen atoms in total. The van der Waals surface area contributed by atoms with Gasteiger partial charge in [0.25, 0.3) is 0 Å². The van der Waals surface area contributed by atoms with E-state index in [2.05, 4.69) is 0 Å². The van der Waals surface area contributed by atoms with Crippen LogP contribution in [-0.2, 0) is 0 Å². The van der Waals surface area contributed by atoms with Crippen molar-refractivity contribution in [1.29, 1.82) is 0 Å². The standard InChI is InChI=1S/Cl2H4Si2.ClH/c1-4(2)3;/h4H,3H3;1H. The summed E-state index contributed by atoms with van der Waals surface area (Å²) in [5.74, 6) is 0. The van der Waals surface area contributed by atoms with Crippen molar-refractivity contribution in [3.05, 3.63) is 0 Å². The summed E-state index contributed by atoms with van der Waals surface area (Å²) >= 11 is 10.5. The van der Waals surface area contributed by atoms with Gasteiger partial charge in [0.1, 0.15) is 0 Å². The summed E-state index contributed by atoms with van der Waals surface area (Å²) in [6, 6.07) is 0. The van der Waals surface area contributed by atoms with Crippen LogP contribution >= 0.6 is 34.6 Å². The van der Waals surface area contributed by atoms with Crippen LogP contribution < -0.4 is 0 Å². The second kappa shape index (κ2) is 5.30. The predicted molar refractivity (Wildman–Crippen MR) is 36.0 cm³/mol. The largest absolute Gasteiger partial charge is 0.214 e. The van der Waals surface area contributed by atoms with Gasteiger partial charge in [-0.1, -0.05) is 0 Å². The molecule has 0 saturated heterocycles. The van der Waals surface area contributed by atoms with Gasteiger partial charge >= 0.3 is 0 Å². The Balaban J connectivity index is 0. The number of halogens is 3. The topological polar surface area (TPSA) is 0 Å². The first-order valence-electron chi connectivity index (χ1n) is 1.01. The third kappa shape index (κ3) is 34.1. The summed E-state index contributed by atoms with van der Waals surface area (Å²) in [5.41, 5.74) is 0. The van der Waals surface area contributed by atoms with E-state index >= 15 is 0 Å². The molecule has 0 heterocycles. The second-order valence-electron chi connectivity index (χ2n) is 0.519. The molecule has 34 valence electrons. The Hall–Kier alpha value is 1.30. The Labute approximate surface area is 51.5 Å². The molecule has 0 aromatic heterocycles. The maximum absolute atomic E-state index is 5.24. The normalized spacial score (nSPS) is 7.80. The molecule has 0 aromatic carbocycles. The molecule has 0 spiro atoms. The van der Waals surface area contributed by atoms with Gasteiger partial charge in [0, 0.05) is 9.76 Å². The van der Waals surface area contributed by atoms with E-state index < -0.39 is 6.93 Å². The summed E-state index contributed by atoms with van der Waals surface area (Å²) in [5, 5.41) is 0. The van der Waals surface area contributed by atoms with Gasteiger partial charge < -0.3 is 0 Å². The summed E-state index contributed by atoms with van der Waals surface area (Å²) in [6.07, 6.45) is 0. The molecule has 0 bridgehead atoms. The minimum Gasteiger partial charge on any atom is -0.155 e. The van der Waals surface area contributed by atoms with Crippen molar-refractivity contribution >= 4 is 51.3 Å². The lowest BCUT2D eigenvalue weighted by Crippen LogP contribution is -1.85. The van der Waals surface area contributed by atoms with Gasteiger partial charge in [-0.25, -0.2) is 0 Å². The fourth-order valence-corrected chi connectivity index (χ4v) is 0. The van der Waals surface area contributed by atoms with Crippen LogP contribution in [0.5, 0.6) is 0 Å². The van der Waals surface area contributed by atoms with E-state index in [1.54, 1.807) is 0 Å². The fourth-order valence-electron chi connectivity index (χ4n) is 0. The average Bonchev–Trinajstić information content (AvgIpc) is 0.811. The van der Waals surface area contributed by atoms with E-state index in [1.807, 2.05) is 0 Å². The lowest BCUT2D eigenvalue weighted by molar-refractivity contribution is 4.05. The second-order valence-corrected chi connectivity index (χ2v) is 14.0. The van der Waals surface area contributed by atoms with Crippen LogP contribution in [0.2, 0.25) is 0 Å². The first kappa shape index (κ1) is 9.57. The van der Waals surface area contributed by atoms with Crippen molar-refractivity contribution in [3.8, 4) is 0 Å². The highest BCUT2D eigenvalue weighted by Crippen LogP contribution is 1.83. The van der Waals surface area contributed by atoms with Gasteiger partial charge in [0.15, 0.2) is 0 Å². The average molecular weight is 168 g/mol. The van der Waals surface area contributed by atoms with E-state index in [1.165, 1.54) is 0 Å². The first-order chi connectivity index (χ1) is 1.73. The van der Waals surface area contributed by atoms with Crippen LogP contribution in [0, 0.1) is 0 Å². The van der Waals surface area contributed by atoms with Gasteiger partial charge in [-0.05, 0) is 0 Å². The predicted octanol–water partition coefficient (Wildman–Crippen LogP) is -0.0316. The van der Waals surface area contributed by atoms with Crippen LogP contribution in [0.15, 0.2) is 0 Å². The monoisotopic (exact) mass is 166 g/mol. The zero-order valence-electron chi connectivity index (χ0n) is 2.74. The Kier molecular flexibility index (Phi) is 10.2. The molecule has 0 aliphatic rings. The van der Waals surface area contributed by atoms with Crippen molar-refractivity contribution in [2.24, 2.45) is 0 Å². The molecule has 0 rings (SSSR count). The quantitative estimate of drug-likeness (QED) is 0.351. The van der Waals surface area contributed by atoms with Gasteiger partial charge in [0.05, 0.1) is 0 Å². The van der Waals surface area contributed by atoms with Crippen LogP contribution in [0.4, 0.5) is 0 Å². The molecular weight excluding hydrogens is 163 g/mol. The fraction of sp³-hybridized carbons (Fsp3) is 0.